The molecule has 0 aromatic carbocycles. The fourth-order valence-electron chi connectivity index (χ4n) is 2.76. The van der Waals surface area contributed by atoms with Gasteiger partial charge < -0.3 is 5.73 Å². The highest BCUT2D eigenvalue weighted by atomic mass is 16.1. The SMILES string of the molecule is CC(C)n1nc(C(N)=O)c2c1CC1CC21. The number of hydrogen-bond donors (Lipinski definition) is 1. The van der Waals surface area contributed by atoms with Gasteiger partial charge in [-0.3, -0.25) is 9.48 Å². The van der Waals surface area contributed by atoms with Gasteiger partial charge in [0, 0.05) is 17.3 Å². The molecule has 0 bridgehead atoms. The van der Waals surface area contributed by atoms with Gasteiger partial charge in [0.1, 0.15) is 0 Å². The van der Waals surface area contributed by atoms with Gasteiger partial charge in [-0.2, -0.15) is 5.10 Å². The highest BCUT2D eigenvalue weighted by molar-refractivity contribution is 5.93. The molecule has 0 radical (unpaired) electrons. The van der Waals surface area contributed by atoms with Crippen LogP contribution in [-0.2, 0) is 6.42 Å². The Labute approximate surface area is 88.4 Å². The number of nitrogens with zero attached hydrogens (tertiary/aromatic N) is 2. The van der Waals surface area contributed by atoms with Crippen molar-refractivity contribution in [2.45, 2.75) is 38.6 Å². The Morgan fingerprint density at radius 2 is 2.33 bits per heavy atom. The molecule has 15 heavy (non-hydrogen) atoms. The predicted octanol–water partition coefficient (Wildman–Crippen LogP) is 1.22. The van der Waals surface area contributed by atoms with E-state index in [0.717, 1.165) is 17.9 Å². The highest BCUT2D eigenvalue weighted by Crippen LogP contribution is 2.57. The van der Waals surface area contributed by atoms with Gasteiger partial charge >= 0.3 is 0 Å². The maximum absolute atomic E-state index is 11.3. The third kappa shape index (κ3) is 1.07. The van der Waals surface area contributed by atoms with Crippen molar-refractivity contribution in [2.75, 3.05) is 0 Å². The number of amides is 1. The topological polar surface area (TPSA) is 60.9 Å². The molecule has 2 unspecified atom stereocenters. The lowest BCUT2D eigenvalue weighted by molar-refractivity contribution is 0.0993. The first-order valence-electron chi connectivity index (χ1n) is 5.50. The highest BCUT2D eigenvalue weighted by Gasteiger charge is 2.49. The summed E-state index contributed by atoms with van der Waals surface area (Å²) < 4.78 is 1.97. The first-order valence-corrected chi connectivity index (χ1v) is 5.50. The molecule has 1 saturated carbocycles. The van der Waals surface area contributed by atoms with Gasteiger partial charge in [-0.15, -0.1) is 0 Å². The maximum Gasteiger partial charge on any atom is 0.269 e. The van der Waals surface area contributed by atoms with Crippen molar-refractivity contribution in [2.24, 2.45) is 11.7 Å². The fraction of sp³-hybridized carbons (Fsp3) is 0.636. The Balaban J connectivity index is 2.17. The molecule has 1 fully saturated rings. The van der Waals surface area contributed by atoms with Crippen LogP contribution in [0.4, 0.5) is 0 Å². The zero-order chi connectivity index (χ0) is 10.7. The molecule has 1 amide bonds. The summed E-state index contributed by atoms with van der Waals surface area (Å²) in [5, 5.41) is 4.35. The zero-order valence-electron chi connectivity index (χ0n) is 9.03. The smallest absolute Gasteiger partial charge is 0.269 e. The van der Waals surface area contributed by atoms with Crippen LogP contribution < -0.4 is 5.73 Å². The molecule has 3 rings (SSSR count). The van der Waals surface area contributed by atoms with Gasteiger partial charge in [0.15, 0.2) is 5.69 Å². The molecule has 2 N–H and O–H groups in total. The van der Waals surface area contributed by atoms with Crippen LogP contribution in [-0.4, -0.2) is 15.7 Å². The van der Waals surface area contributed by atoms with Crippen LogP contribution >= 0.6 is 0 Å². The molecule has 1 aromatic heterocycles. The van der Waals surface area contributed by atoms with Gasteiger partial charge in [-0.1, -0.05) is 0 Å². The lowest BCUT2D eigenvalue weighted by Gasteiger charge is -2.09. The molecule has 0 aliphatic heterocycles. The van der Waals surface area contributed by atoms with E-state index in [1.54, 1.807) is 0 Å². The summed E-state index contributed by atoms with van der Waals surface area (Å²) in [7, 11) is 0. The van der Waals surface area contributed by atoms with Crippen molar-refractivity contribution in [1.82, 2.24) is 9.78 Å². The second-order valence-corrected chi connectivity index (χ2v) is 4.92. The second-order valence-electron chi connectivity index (χ2n) is 4.92. The Kier molecular flexibility index (Phi) is 1.56. The summed E-state index contributed by atoms with van der Waals surface area (Å²) in [5.74, 6) is 0.967. The fourth-order valence-corrected chi connectivity index (χ4v) is 2.76. The molecule has 2 aliphatic carbocycles. The molecule has 2 aliphatic rings. The summed E-state index contributed by atoms with van der Waals surface area (Å²) in [6.45, 7) is 4.17. The van der Waals surface area contributed by atoms with Crippen molar-refractivity contribution < 1.29 is 4.79 Å². The number of fused-ring (bicyclic) bond motifs is 3. The molecule has 1 aromatic rings. The average Bonchev–Trinajstić information content (AvgIpc) is 2.67. The number of nitrogens with two attached hydrogens (primary N) is 1. The summed E-state index contributed by atoms with van der Waals surface area (Å²) in [5.41, 5.74) is 8.29. The Hall–Kier alpha value is -1.32. The van der Waals surface area contributed by atoms with Crippen LogP contribution in [0.15, 0.2) is 0 Å². The van der Waals surface area contributed by atoms with E-state index in [4.69, 9.17) is 5.73 Å². The molecule has 2 atom stereocenters. The van der Waals surface area contributed by atoms with Crippen LogP contribution in [0.3, 0.4) is 0 Å². The quantitative estimate of drug-likeness (QED) is 0.789. The molecule has 4 heteroatoms. The number of primary amides is 1. The van der Waals surface area contributed by atoms with Crippen molar-refractivity contribution in [1.29, 1.82) is 0 Å². The van der Waals surface area contributed by atoms with Crippen LogP contribution in [0.5, 0.6) is 0 Å². The minimum Gasteiger partial charge on any atom is -0.364 e. The largest absolute Gasteiger partial charge is 0.364 e. The first kappa shape index (κ1) is 8.95. The van der Waals surface area contributed by atoms with Crippen LogP contribution in [0.2, 0.25) is 0 Å². The van der Waals surface area contributed by atoms with Crippen molar-refractivity contribution in [3.63, 3.8) is 0 Å². The first-order chi connectivity index (χ1) is 7.09. The lowest BCUT2D eigenvalue weighted by Crippen LogP contribution is -2.14. The molecule has 0 saturated heterocycles. The number of rotatable bonds is 2. The second kappa shape index (κ2) is 2.62. The van der Waals surface area contributed by atoms with E-state index >= 15 is 0 Å². The normalized spacial score (nSPS) is 26.6. The van der Waals surface area contributed by atoms with Crippen LogP contribution in [0.1, 0.15) is 54.0 Å². The molecule has 0 spiro atoms. The van der Waals surface area contributed by atoms with E-state index in [9.17, 15) is 4.79 Å². The van der Waals surface area contributed by atoms with Crippen molar-refractivity contribution >= 4 is 5.91 Å². The van der Waals surface area contributed by atoms with E-state index in [1.165, 1.54) is 12.1 Å². The van der Waals surface area contributed by atoms with E-state index < -0.39 is 0 Å². The Bertz CT molecular complexity index is 447. The number of aromatic nitrogens is 2. The van der Waals surface area contributed by atoms with E-state index in [1.807, 2.05) is 4.68 Å². The minimum absolute atomic E-state index is 0.310. The third-order valence-corrected chi connectivity index (χ3v) is 3.52. The van der Waals surface area contributed by atoms with Crippen LogP contribution in [0.25, 0.3) is 0 Å². The van der Waals surface area contributed by atoms with Gasteiger partial charge in [0.2, 0.25) is 0 Å². The van der Waals surface area contributed by atoms with Gasteiger partial charge in [-0.25, -0.2) is 0 Å². The molecule has 80 valence electrons. The molecule has 4 nitrogen and oxygen atoms in total. The molecule has 1 heterocycles. The Morgan fingerprint density at radius 3 is 2.93 bits per heavy atom. The summed E-state index contributed by atoms with van der Waals surface area (Å²) >= 11 is 0. The summed E-state index contributed by atoms with van der Waals surface area (Å²) in [6.07, 6.45) is 2.30. The van der Waals surface area contributed by atoms with Crippen molar-refractivity contribution in [3.8, 4) is 0 Å². The van der Waals surface area contributed by atoms with E-state index in [-0.39, 0.29) is 5.91 Å². The van der Waals surface area contributed by atoms with Gasteiger partial charge in [0.05, 0.1) is 0 Å². The average molecular weight is 205 g/mol. The lowest BCUT2D eigenvalue weighted by atomic mass is 10.1. The van der Waals surface area contributed by atoms with E-state index in [0.29, 0.717) is 17.7 Å². The summed E-state index contributed by atoms with van der Waals surface area (Å²) in [4.78, 5) is 11.3. The number of hydrogen-bond acceptors (Lipinski definition) is 2. The van der Waals surface area contributed by atoms with Gasteiger partial charge in [0.25, 0.3) is 5.91 Å². The zero-order valence-corrected chi connectivity index (χ0v) is 9.03. The predicted molar refractivity (Wildman–Crippen MR) is 55.7 cm³/mol. The molecular weight excluding hydrogens is 190 g/mol. The standard InChI is InChI=1S/C11H15N3O/c1-5(2)14-8-4-6-3-7(6)9(8)10(13-14)11(12)15/h5-7H,3-4H2,1-2H3,(H2,12,15). The van der Waals surface area contributed by atoms with Gasteiger partial charge in [-0.05, 0) is 38.5 Å². The number of carbonyl (C=O) groups is 1. The van der Waals surface area contributed by atoms with Crippen molar-refractivity contribution in [3.05, 3.63) is 17.0 Å². The molecular formula is C11H15N3O. The minimum atomic E-state index is -0.377. The Morgan fingerprint density at radius 1 is 1.60 bits per heavy atom. The third-order valence-electron chi connectivity index (χ3n) is 3.52. The summed E-state index contributed by atoms with van der Waals surface area (Å²) in [6, 6.07) is 0.310. The maximum atomic E-state index is 11.3. The van der Waals surface area contributed by atoms with Crippen LogP contribution in [0, 0.1) is 5.92 Å². The number of carbonyl (C=O) groups excluding carboxylic acids is 1. The monoisotopic (exact) mass is 205 g/mol. The van der Waals surface area contributed by atoms with E-state index in [2.05, 4.69) is 18.9 Å².